The van der Waals surface area contributed by atoms with Gasteiger partial charge >= 0.3 is 0 Å². The minimum atomic E-state index is 0.660. The second-order valence-electron chi connectivity index (χ2n) is 2.62. The van der Waals surface area contributed by atoms with Crippen molar-refractivity contribution in [2.45, 2.75) is 27.7 Å². The van der Waals surface area contributed by atoms with Gasteiger partial charge in [0, 0.05) is 6.92 Å². The van der Waals surface area contributed by atoms with E-state index in [-0.39, 0.29) is 0 Å². The number of hydrogen-bond acceptors (Lipinski definition) is 0. The molecule has 0 amide bonds. The molecule has 8 heavy (non-hydrogen) atoms. The van der Waals surface area contributed by atoms with Crippen LogP contribution in [0.2, 0.25) is 0 Å². The van der Waals surface area contributed by atoms with Crippen LogP contribution in [0.1, 0.15) is 27.7 Å². The number of hydrogen-bond donors (Lipinski definition) is 1. The highest BCUT2D eigenvalue weighted by Gasteiger charge is 1.99. The van der Waals surface area contributed by atoms with E-state index in [9.17, 15) is 0 Å². The van der Waals surface area contributed by atoms with Gasteiger partial charge < -0.3 is 5.73 Å². The monoisotopic (exact) mass is 114 g/mol. The summed E-state index contributed by atoms with van der Waals surface area (Å²) in [7, 11) is 0. The highest BCUT2D eigenvalue weighted by molar-refractivity contribution is 5.02. The molecule has 0 atom stereocenters. The quantitative estimate of drug-likeness (QED) is 0.530. The molecule has 0 aliphatic carbocycles. The van der Waals surface area contributed by atoms with Crippen molar-refractivity contribution in [1.82, 2.24) is 0 Å². The van der Waals surface area contributed by atoms with Crippen LogP contribution in [0.4, 0.5) is 0 Å². The fourth-order valence-corrected chi connectivity index (χ4v) is 0.493. The molecule has 0 aromatic carbocycles. The van der Waals surface area contributed by atoms with Gasteiger partial charge in [-0.15, -0.1) is 0 Å². The average Bonchev–Trinajstić information content (AvgIpc) is 1.64. The van der Waals surface area contributed by atoms with Gasteiger partial charge in [-0.1, -0.05) is 13.8 Å². The predicted molar refractivity (Wildman–Crippen MR) is 36.1 cm³/mol. The lowest BCUT2D eigenvalue weighted by molar-refractivity contribution is -0.303. The molecule has 1 heteroatoms. The molecule has 1 nitrogen and oxygen atoms in total. The molecular formula is C7H16N+. The minimum Gasteiger partial charge on any atom is -0.329 e. The highest BCUT2D eigenvalue weighted by Crippen LogP contribution is 2.08. The zero-order valence-electron chi connectivity index (χ0n) is 6.28. The van der Waals surface area contributed by atoms with Crippen molar-refractivity contribution in [3.63, 3.8) is 0 Å². The molecule has 0 aromatic heterocycles. The summed E-state index contributed by atoms with van der Waals surface area (Å²) in [6, 6.07) is 0. The highest BCUT2D eigenvalue weighted by atomic mass is 14.6. The lowest BCUT2D eigenvalue weighted by atomic mass is 10.0. The summed E-state index contributed by atoms with van der Waals surface area (Å²) in [4.78, 5) is 0. The van der Waals surface area contributed by atoms with E-state index in [2.05, 4.69) is 33.4 Å². The largest absolute Gasteiger partial charge is 0.329 e. The van der Waals surface area contributed by atoms with Crippen molar-refractivity contribution < 1.29 is 5.73 Å². The normalized spacial score (nSPS) is 14.2. The van der Waals surface area contributed by atoms with E-state index in [1.165, 1.54) is 11.3 Å². The van der Waals surface area contributed by atoms with Gasteiger partial charge in [0.15, 0.2) is 0 Å². The van der Waals surface area contributed by atoms with E-state index in [1.54, 1.807) is 0 Å². The maximum atomic E-state index is 3.84. The van der Waals surface area contributed by atoms with Crippen molar-refractivity contribution in [2.24, 2.45) is 5.92 Å². The molecule has 0 aliphatic rings. The van der Waals surface area contributed by atoms with Crippen LogP contribution in [0.3, 0.4) is 0 Å². The Labute approximate surface area is 51.6 Å². The Balaban J connectivity index is 4.00. The Kier molecular flexibility index (Phi) is 2.77. The zero-order valence-corrected chi connectivity index (χ0v) is 6.28. The maximum Gasteiger partial charge on any atom is 0.0998 e. The Hall–Kier alpha value is -0.300. The summed E-state index contributed by atoms with van der Waals surface area (Å²) in [5.74, 6) is 0.660. The minimum absolute atomic E-state index is 0.660. The molecule has 0 radical (unpaired) electrons. The molecule has 0 spiro atoms. The Morgan fingerprint density at radius 1 is 1.25 bits per heavy atom. The standard InChI is InChI=1S/C7H15N/c1-5(2)6(3)7(4)8/h5H,8H2,1-4H3/p+1. The number of quaternary nitrogens is 1. The van der Waals surface area contributed by atoms with E-state index >= 15 is 0 Å². The first-order valence-electron chi connectivity index (χ1n) is 3.05. The molecular weight excluding hydrogens is 98.1 g/mol. The van der Waals surface area contributed by atoms with Gasteiger partial charge in [0.25, 0.3) is 0 Å². The molecule has 0 saturated carbocycles. The van der Waals surface area contributed by atoms with Crippen LogP contribution in [-0.4, -0.2) is 0 Å². The molecule has 3 N–H and O–H groups in total. The summed E-state index contributed by atoms with van der Waals surface area (Å²) >= 11 is 0. The van der Waals surface area contributed by atoms with Crippen LogP contribution in [0.5, 0.6) is 0 Å². The molecule has 0 bridgehead atoms. The fourth-order valence-electron chi connectivity index (χ4n) is 0.493. The van der Waals surface area contributed by atoms with Crippen LogP contribution >= 0.6 is 0 Å². The molecule has 0 aliphatic heterocycles. The zero-order chi connectivity index (χ0) is 6.73. The Morgan fingerprint density at radius 2 is 1.62 bits per heavy atom. The summed E-state index contributed by atoms with van der Waals surface area (Å²) in [6.45, 7) is 8.55. The van der Waals surface area contributed by atoms with Gasteiger partial charge in [-0.3, -0.25) is 0 Å². The van der Waals surface area contributed by atoms with Gasteiger partial charge in [-0.2, -0.15) is 0 Å². The maximum absolute atomic E-state index is 3.84. The van der Waals surface area contributed by atoms with Crippen LogP contribution < -0.4 is 5.73 Å². The topological polar surface area (TPSA) is 27.6 Å². The molecule has 0 rings (SSSR count). The lowest BCUT2D eigenvalue weighted by Gasteiger charge is -2.02. The molecule has 0 saturated heterocycles. The molecule has 0 heterocycles. The van der Waals surface area contributed by atoms with Gasteiger partial charge in [-0.05, 0) is 18.4 Å². The molecule has 0 aromatic rings. The first kappa shape index (κ1) is 7.70. The van der Waals surface area contributed by atoms with Gasteiger partial charge in [0.05, 0.1) is 5.70 Å². The summed E-state index contributed by atoms with van der Waals surface area (Å²) in [5, 5.41) is 0. The Morgan fingerprint density at radius 3 is 1.62 bits per heavy atom. The van der Waals surface area contributed by atoms with E-state index in [0.717, 1.165) is 0 Å². The van der Waals surface area contributed by atoms with Crippen molar-refractivity contribution in [3.8, 4) is 0 Å². The summed E-state index contributed by atoms with van der Waals surface area (Å²) < 4.78 is 0. The molecule has 0 unspecified atom stereocenters. The smallest absolute Gasteiger partial charge is 0.0998 e. The second-order valence-corrected chi connectivity index (χ2v) is 2.62. The predicted octanol–water partition coefficient (Wildman–Crippen LogP) is 1.18. The summed E-state index contributed by atoms with van der Waals surface area (Å²) in [5.41, 5.74) is 6.46. The van der Waals surface area contributed by atoms with Crippen molar-refractivity contribution in [3.05, 3.63) is 11.3 Å². The van der Waals surface area contributed by atoms with Crippen molar-refractivity contribution in [2.75, 3.05) is 0 Å². The van der Waals surface area contributed by atoms with Crippen LogP contribution in [0.25, 0.3) is 0 Å². The third-order valence-electron chi connectivity index (χ3n) is 1.54. The van der Waals surface area contributed by atoms with Gasteiger partial charge in [0.1, 0.15) is 0 Å². The van der Waals surface area contributed by atoms with Crippen LogP contribution in [-0.2, 0) is 0 Å². The van der Waals surface area contributed by atoms with Gasteiger partial charge in [-0.25, -0.2) is 0 Å². The first-order valence-corrected chi connectivity index (χ1v) is 3.05. The van der Waals surface area contributed by atoms with E-state index in [1.807, 2.05) is 0 Å². The van der Waals surface area contributed by atoms with Crippen molar-refractivity contribution >= 4 is 0 Å². The van der Waals surface area contributed by atoms with E-state index in [4.69, 9.17) is 0 Å². The van der Waals surface area contributed by atoms with Crippen LogP contribution in [0, 0.1) is 5.92 Å². The molecule has 48 valence electrons. The van der Waals surface area contributed by atoms with E-state index in [0.29, 0.717) is 5.92 Å². The fraction of sp³-hybridized carbons (Fsp3) is 0.714. The Bertz CT molecular complexity index is 97.0. The summed E-state index contributed by atoms with van der Waals surface area (Å²) in [6.07, 6.45) is 0. The lowest BCUT2D eigenvalue weighted by Crippen LogP contribution is -2.47. The van der Waals surface area contributed by atoms with E-state index < -0.39 is 0 Å². The van der Waals surface area contributed by atoms with Crippen molar-refractivity contribution in [1.29, 1.82) is 0 Å². The van der Waals surface area contributed by atoms with Gasteiger partial charge in [0.2, 0.25) is 0 Å². The second kappa shape index (κ2) is 2.88. The number of rotatable bonds is 1. The average molecular weight is 114 g/mol. The third kappa shape index (κ3) is 2.12. The SMILES string of the molecule is CC([NH3+])=C(C)C(C)C. The number of allylic oxidation sites excluding steroid dienone is 2. The third-order valence-corrected chi connectivity index (χ3v) is 1.54. The molecule has 0 fully saturated rings. The van der Waals surface area contributed by atoms with Crippen LogP contribution in [0.15, 0.2) is 11.3 Å². The first-order chi connectivity index (χ1) is 3.55.